The number of amides is 1. The van der Waals surface area contributed by atoms with E-state index in [2.05, 4.69) is 19.2 Å². The van der Waals surface area contributed by atoms with Crippen molar-refractivity contribution >= 4 is 34.8 Å². The number of carbonyl (C=O) groups excluding carboxylic acids is 1. The molecule has 0 aliphatic carbocycles. The zero-order valence-electron chi connectivity index (χ0n) is 10.8. The number of carbonyl (C=O) groups is 1. The first-order valence-corrected chi connectivity index (χ1v) is 6.80. The van der Waals surface area contributed by atoms with Gasteiger partial charge >= 0.3 is 0 Å². The Hall–Kier alpha value is -0.770. The molecule has 0 saturated heterocycles. The van der Waals surface area contributed by atoms with E-state index in [-0.39, 0.29) is 11.9 Å². The molecule has 1 rings (SSSR count). The summed E-state index contributed by atoms with van der Waals surface area (Å²) in [6.45, 7) is 6.08. The van der Waals surface area contributed by atoms with Crippen LogP contribution in [0.4, 0.5) is 5.69 Å². The Bertz CT molecular complexity index is 423. The molecule has 0 radical (unpaired) electrons. The number of nitrogens with two attached hydrogens (primary N) is 1. The molecule has 0 aliphatic heterocycles. The van der Waals surface area contributed by atoms with Gasteiger partial charge in [-0.1, -0.05) is 30.1 Å². The third-order valence-corrected chi connectivity index (χ3v) is 3.41. The summed E-state index contributed by atoms with van der Waals surface area (Å²) >= 11 is 11.8. The summed E-state index contributed by atoms with van der Waals surface area (Å²) in [5, 5.41) is 5.85. The molecule has 100 valence electrons. The molecular weight excluding hydrogens is 271 g/mol. The standard InChI is InChI=1S/C13H18Cl2N2O/c1-4-8(2)16-9(3)13(18)17-12-6-5-10(14)7-11(12)15/h5-9,16H,4H2,1-3H3,(H,17,18)/p+1/t8-,9+/m0/s1. The van der Waals surface area contributed by atoms with Crippen LogP contribution in [0.3, 0.4) is 0 Å². The average Bonchev–Trinajstić information content (AvgIpc) is 2.32. The summed E-state index contributed by atoms with van der Waals surface area (Å²) in [5.41, 5.74) is 0.593. The van der Waals surface area contributed by atoms with Gasteiger partial charge in [-0.05, 0) is 38.5 Å². The monoisotopic (exact) mass is 289 g/mol. The maximum atomic E-state index is 12.0. The molecule has 0 bridgehead atoms. The van der Waals surface area contributed by atoms with Crippen molar-refractivity contribution in [2.24, 2.45) is 0 Å². The lowest BCUT2D eigenvalue weighted by molar-refractivity contribution is -0.703. The summed E-state index contributed by atoms with van der Waals surface area (Å²) < 4.78 is 0. The van der Waals surface area contributed by atoms with Crippen LogP contribution in [0.15, 0.2) is 18.2 Å². The number of nitrogens with one attached hydrogen (secondary N) is 1. The van der Waals surface area contributed by atoms with Crippen LogP contribution in [0, 0.1) is 0 Å². The molecule has 0 spiro atoms. The molecule has 0 heterocycles. The number of hydrogen-bond acceptors (Lipinski definition) is 1. The van der Waals surface area contributed by atoms with Crippen LogP contribution >= 0.6 is 23.2 Å². The first-order valence-electron chi connectivity index (χ1n) is 6.05. The highest BCUT2D eigenvalue weighted by atomic mass is 35.5. The minimum Gasteiger partial charge on any atom is -0.334 e. The third kappa shape index (κ3) is 4.48. The number of rotatable bonds is 5. The quantitative estimate of drug-likeness (QED) is 0.860. The third-order valence-electron chi connectivity index (χ3n) is 2.86. The summed E-state index contributed by atoms with van der Waals surface area (Å²) in [7, 11) is 0. The van der Waals surface area contributed by atoms with E-state index in [9.17, 15) is 4.79 Å². The van der Waals surface area contributed by atoms with Crippen molar-refractivity contribution in [3.63, 3.8) is 0 Å². The van der Waals surface area contributed by atoms with Crippen LogP contribution in [0.1, 0.15) is 27.2 Å². The lowest BCUT2D eigenvalue weighted by Crippen LogP contribution is -2.95. The molecule has 1 aromatic rings. The number of anilines is 1. The van der Waals surface area contributed by atoms with Gasteiger partial charge in [0.2, 0.25) is 0 Å². The van der Waals surface area contributed by atoms with Crippen LogP contribution in [-0.4, -0.2) is 18.0 Å². The van der Waals surface area contributed by atoms with Crippen LogP contribution < -0.4 is 10.6 Å². The van der Waals surface area contributed by atoms with E-state index in [4.69, 9.17) is 23.2 Å². The van der Waals surface area contributed by atoms with Gasteiger partial charge in [0.25, 0.3) is 5.91 Å². The molecular formula is C13H19Cl2N2O+. The normalized spacial score (nSPS) is 14.1. The largest absolute Gasteiger partial charge is 0.334 e. The second-order valence-corrected chi connectivity index (χ2v) is 5.32. The van der Waals surface area contributed by atoms with Crippen LogP contribution in [0.25, 0.3) is 0 Å². The molecule has 3 nitrogen and oxygen atoms in total. The molecule has 0 aromatic heterocycles. The summed E-state index contributed by atoms with van der Waals surface area (Å²) in [6.07, 6.45) is 1.03. The Labute approximate surface area is 118 Å². The van der Waals surface area contributed by atoms with Gasteiger partial charge in [0.1, 0.15) is 0 Å². The van der Waals surface area contributed by atoms with Crippen molar-refractivity contribution in [2.75, 3.05) is 5.32 Å². The van der Waals surface area contributed by atoms with Crippen molar-refractivity contribution in [2.45, 2.75) is 39.3 Å². The summed E-state index contributed by atoms with van der Waals surface area (Å²) in [4.78, 5) is 12.0. The number of halogens is 2. The van der Waals surface area contributed by atoms with Crippen LogP contribution in [0.2, 0.25) is 10.0 Å². The van der Waals surface area contributed by atoms with Crippen molar-refractivity contribution in [1.29, 1.82) is 0 Å². The molecule has 0 fully saturated rings. The van der Waals surface area contributed by atoms with Gasteiger partial charge < -0.3 is 10.6 Å². The Morgan fingerprint density at radius 1 is 1.39 bits per heavy atom. The van der Waals surface area contributed by atoms with Gasteiger partial charge in [0, 0.05) is 5.02 Å². The minimum atomic E-state index is -0.147. The highest BCUT2D eigenvalue weighted by Crippen LogP contribution is 2.25. The van der Waals surface area contributed by atoms with E-state index < -0.39 is 0 Å². The van der Waals surface area contributed by atoms with Crippen molar-refractivity contribution in [3.05, 3.63) is 28.2 Å². The van der Waals surface area contributed by atoms with E-state index in [0.717, 1.165) is 6.42 Å². The minimum absolute atomic E-state index is 0.0560. The Morgan fingerprint density at radius 3 is 2.61 bits per heavy atom. The Morgan fingerprint density at radius 2 is 2.06 bits per heavy atom. The van der Waals surface area contributed by atoms with Crippen molar-refractivity contribution in [3.8, 4) is 0 Å². The van der Waals surface area contributed by atoms with E-state index in [1.807, 2.05) is 12.2 Å². The van der Waals surface area contributed by atoms with E-state index >= 15 is 0 Å². The van der Waals surface area contributed by atoms with Gasteiger partial charge in [-0.3, -0.25) is 4.79 Å². The molecule has 18 heavy (non-hydrogen) atoms. The maximum absolute atomic E-state index is 12.0. The zero-order chi connectivity index (χ0) is 13.7. The second kappa shape index (κ2) is 6.98. The van der Waals surface area contributed by atoms with E-state index in [0.29, 0.717) is 21.8 Å². The van der Waals surface area contributed by atoms with Crippen molar-refractivity contribution < 1.29 is 10.1 Å². The predicted octanol–water partition coefficient (Wildman–Crippen LogP) is 2.68. The van der Waals surface area contributed by atoms with Gasteiger partial charge in [-0.2, -0.15) is 0 Å². The highest BCUT2D eigenvalue weighted by molar-refractivity contribution is 6.36. The molecule has 0 saturated carbocycles. The van der Waals surface area contributed by atoms with Gasteiger partial charge in [0.15, 0.2) is 6.04 Å². The summed E-state index contributed by atoms with van der Waals surface area (Å²) in [6, 6.07) is 5.30. The topological polar surface area (TPSA) is 45.7 Å². The highest BCUT2D eigenvalue weighted by Gasteiger charge is 2.19. The van der Waals surface area contributed by atoms with Crippen LogP contribution in [-0.2, 0) is 4.79 Å². The number of quaternary nitrogens is 1. The lowest BCUT2D eigenvalue weighted by Gasteiger charge is -2.15. The maximum Gasteiger partial charge on any atom is 0.282 e. The molecule has 5 heteroatoms. The molecule has 1 aromatic carbocycles. The van der Waals surface area contributed by atoms with Gasteiger partial charge in [-0.25, -0.2) is 0 Å². The van der Waals surface area contributed by atoms with Gasteiger partial charge in [0.05, 0.1) is 16.8 Å². The fourth-order valence-corrected chi connectivity index (χ4v) is 2.01. The average molecular weight is 290 g/mol. The SMILES string of the molecule is CC[C@H](C)[NH2+][C@H](C)C(=O)Nc1ccc(Cl)cc1Cl. The predicted molar refractivity (Wildman–Crippen MR) is 76.2 cm³/mol. The van der Waals surface area contributed by atoms with Crippen molar-refractivity contribution in [1.82, 2.24) is 0 Å². The summed E-state index contributed by atoms with van der Waals surface area (Å²) in [5.74, 6) is -0.0560. The van der Waals surface area contributed by atoms with Gasteiger partial charge in [-0.15, -0.1) is 0 Å². The van der Waals surface area contributed by atoms with Crippen LogP contribution in [0.5, 0.6) is 0 Å². The fraction of sp³-hybridized carbons (Fsp3) is 0.462. The Kier molecular flexibility index (Phi) is 5.93. The number of benzene rings is 1. The second-order valence-electron chi connectivity index (χ2n) is 4.48. The zero-order valence-corrected chi connectivity index (χ0v) is 12.3. The lowest BCUT2D eigenvalue weighted by atomic mass is 10.2. The molecule has 0 aliphatic rings. The van der Waals surface area contributed by atoms with E-state index in [1.165, 1.54) is 0 Å². The molecule has 0 unspecified atom stereocenters. The molecule has 2 atom stereocenters. The Balaban J connectivity index is 2.64. The smallest absolute Gasteiger partial charge is 0.282 e. The molecule has 1 amide bonds. The number of hydrogen-bond donors (Lipinski definition) is 2. The first-order chi connectivity index (χ1) is 8.43. The first kappa shape index (κ1) is 15.3. The van der Waals surface area contributed by atoms with E-state index in [1.54, 1.807) is 18.2 Å². The fourth-order valence-electron chi connectivity index (χ4n) is 1.55. The molecule has 3 N–H and O–H groups in total.